The lowest BCUT2D eigenvalue weighted by molar-refractivity contribution is 0.181. The number of methoxy groups -OCH3 is 1. The van der Waals surface area contributed by atoms with Crippen LogP contribution in [0.25, 0.3) is 0 Å². The smallest absolute Gasteiger partial charge is 0.143 e. The Bertz CT molecular complexity index is 399. The number of anilines is 1. The molecule has 0 amide bonds. The van der Waals surface area contributed by atoms with Crippen molar-refractivity contribution < 1.29 is 9.84 Å². The maximum atomic E-state index is 9.80. The van der Waals surface area contributed by atoms with Crippen molar-refractivity contribution in [2.75, 3.05) is 39.2 Å². The number of aliphatic hydroxyl groups excluding tert-OH is 1. The van der Waals surface area contributed by atoms with Crippen LogP contribution >= 0.6 is 11.6 Å². The summed E-state index contributed by atoms with van der Waals surface area (Å²) in [6.45, 7) is 3.03. The van der Waals surface area contributed by atoms with Crippen LogP contribution in [0.4, 0.5) is 5.69 Å². The van der Waals surface area contributed by atoms with Crippen molar-refractivity contribution >= 4 is 17.3 Å². The summed E-state index contributed by atoms with van der Waals surface area (Å²) < 4.78 is 5.32. The predicted molar refractivity (Wildman–Crippen MR) is 75.9 cm³/mol. The van der Waals surface area contributed by atoms with E-state index in [-0.39, 0.29) is 0 Å². The van der Waals surface area contributed by atoms with Crippen LogP contribution in [0.3, 0.4) is 0 Å². The summed E-state index contributed by atoms with van der Waals surface area (Å²) in [5.41, 5.74) is 1.91. The van der Waals surface area contributed by atoms with E-state index in [0.29, 0.717) is 23.9 Å². The lowest BCUT2D eigenvalue weighted by Crippen LogP contribution is -2.35. The van der Waals surface area contributed by atoms with Gasteiger partial charge in [0.15, 0.2) is 0 Å². The van der Waals surface area contributed by atoms with Crippen LogP contribution < -0.4 is 15.0 Å². The highest BCUT2D eigenvalue weighted by atomic mass is 35.5. The maximum absolute atomic E-state index is 9.80. The fraction of sp³-hybridized carbons (Fsp3) is 0.538. The molecule has 1 atom stereocenters. The minimum atomic E-state index is -0.430. The first-order valence-corrected chi connectivity index (χ1v) is 6.25. The fourth-order valence-electron chi connectivity index (χ4n) is 1.82. The molecular weight excluding hydrogens is 252 g/mol. The van der Waals surface area contributed by atoms with Gasteiger partial charge in [-0.05, 0) is 25.6 Å². The SMILES string of the molecule is CNCC(O)CN(C)c1cc(C)c(Cl)cc1OC. The lowest BCUT2D eigenvalue weighted by Gasteiger charge is -2.25. The molecule has 0 heterocycles. The van der Waals surface area contributed by atoms with Gasteiger partial charge in [-0.1, -0.05) is 11.6 Å². The average molecular weight is 273 g/mol. The normalized spacial score (nSPS) is 12.3. The van der Waals surface area contributed by atoms with E-state index in [1.807, 2.05) is 32.0 Å². The summed E-state index contributed by atoms with van der Waals surface area (Å²) in [5, 5.41) is 13.4. The van der Waals surface area contributed by atoms with Gasteiger partial charge in [0, 0.05) is 31.2 Å². The van der Waals surface area contributed by atoms with E-state index < -0.39 is 6.10 Å². The Hall–Kier alpha value is -0.970. The molecule has 0 saturated heterocycles. The Labute approximate surface area is 114 Å². The van der Waals surface area contributed by atoms with Gasteiger partial charge in [0.1, 0.15) is 5.75 Å². The molecule has 0 aliphatic rings. The second kappa shape index (κ2) is 6.83. The van der Waals surface area contributed by atoms with Gasteiger partial charge in [0.2, 0.25) is 0 Å². The molecule has 0 aliphatic carbocycles. The largest absolute Gasteiger partial charge is 0.495 e. The summed E-state index contributed by atoms with van der Waals surface area (Å²) in [4.78, 5) is 1.96. The molecule has 1 rings (SSSR count). The fourth-order valence-corrected chi connectivity index (χ4v) is 1.98. The Morgan fingerprint density at radius 1 is 1.50 bits per heavy atom. The van der Waals surface area contributed by atoms with Crippen molar-refractivity contribution in [3.63, 3.8) is 0 Å². The highest BCUT2D eigenvalue weighted by Gasteiger charge is 2.14. The molecule has 0 fully saturated rings. The molecular formula is C13H21ClN2O2. The molecule has 0 radical (unpaired) electrons. The Balaban J connectivity index is 2.90. The molecule has 0 bridgehead atoms. The predicted octanol–water partition coefficient (Wildman–Crippen LogP) is 1.67. The molecule has 0 saturated carbocycles. The van der Waals surface area contributed by atoms with E-state index in [9.17, 15) is 5.11 Å². The zero-order valence-corrected chi connectivity index (χ0v) is 12.1. The third-order valence-corrected chi connectivity index (χ3v) is 3.20. The average Bonchev–Trinajstić information content (AvgIpc) is 2.32. The third kappa shape index (κ3) is 3.77. The lowest BCUT2D eigenvalue weighted by atomic mass is 10.2. The number of nitrogens with one attached hydrogen (secondary N) is 1. The second-order valence-electron chi connectivity index (χ2n) is 4.37. The van der Waals surface area contributed by atoms with Crippen molar-refractivity contribution in [3.05, 3.63) is 22.7 Å². The first-order chi connectivity index (χ1) is 8.49. The van der Waals surface area contributed by atoms with Crippen LogP contribution in [0.15, 0.2) is 12.1 Å². The second-order valence-corrected chi connectivity index (χ2v) is 4.77. The van der Waals surface area contributed by atoms with Crippen LogP contribution in [-0.4, -0.2) is 45.5 Å². The van der Waals surface area contributed by atoms with Crippen molar-refractivity contribution in [1.29, 1.82) is 0 Å². The maximum Gasteiger partial charge on any atom is 0.143 e. The summed E-state index contributed by atoms with van der Waals surface area (Å²) in [6.07, 6.45) is -0.430. The molecule has 0 spiro atoms. The van der Waals surface area contributed by atoms with Gasteiger partial charge in [-0.15, -0.1) is 0 Å². The van der Waals surface area contributed by atoms with E-state index >= 15 is 0 Å². The quantitative estimate of drug-likeness (QED) is 0.827. The number of hydrogen-bond acceptors (Lipinski definition) is 4. The molecule has 0 aromatic heterocycles. The standard InChI is InChI=1S/C13H21ClN2O2/c1-9-5-12(13(18-4)6-11(9)14)16(3)8-10(17)7-15-2/h5-6,10,15,17H,7-8H2,1-4H3. The van der Waals surface area contributed by atoms with Crippen LogP contribution in [0.2, 0.25) is 5.02 Å². The third-order valence-electron chi connectivity index (χ3n) is 2.80. The number of ether oxygens (including phenoxy) is 1. The van der Waals surface area contributed by atoms with Gasteiger partial charge in [-0.25, -0.2) is 0 Å². The molecule has 1 aromatic carbocycles. The number of aliphatic hydroxyl groups is 1. The zero-order valence-electron chi connectivity index (χ0n) is 11.3. The number of rotatable bonds is 6. The van der Waals surface area contributed by atoms with E-state index in [1.165, 1.54) is 0 Å². The van der Waals surface area contributed by atoms with Crippen molar-refractivity contribution in [2.45, 2.75) is 13.0 Å². The Morgan fingerprint density at radius 2 is 2.17 bits per heavy atom. The molecule has 0 aliphatic heterocycles. The highest BCUT2D eigenvalue weighted by Crippen LogP contribution is 2.33. The number of nitrogens with zero attached hydrogens (tertiary/aromatic N) is 1. The number of likely N-dealkylation sites (N-methyl/N-ethyl adjacent to an activating group) is 2. The van der Waals surface area contributed by atoms with E-state index in [1.54, 1.807) is 13.2 Å². The Morgan fingerprint density at radius 3 is 2.72 bits per heavy atom. The molecule has 18 heavy (non-hydrogen) atoms. The molecule has 4 nitrogen and oxygen atoms in total. The number of aryl methyl sites for hydroxylation is 1. The molecule has 102 valence electrons. The minimum Gasteiger partial charge on any atom is -0.495 e. The van der Waals surface area contributed by atoms with Crippen LogP contribution in [0, 0.1) is 6.92 Å². The van der Waals surface area contributed by atoms with Crippen molar-refractivity contribution in [3.8, 4) is 5.75 Å². The van der Waals surface area contributed by atoms with Gasteiger partial charge in [-0.3, -0.25) is 0 Å². The van der Waals surface area contributed by atoms with Crippen LogP contribution in [-0.2, 0) is 0 Å². The summed E-state index contributed by atoms with van der Waals surface area (Å²) in [5.74, 6) is 0.713. The highest BCUT2D eigenvalue weighted by molar-refractivity contribution is 6.31. The van der Waals surface area contributed by atoms with Crippen molar-refractivity contribution in [2.24, 2.45) is 0 Å². The summed E-state index contributed by atoms with van der Waals surface area (Å²) in [6, 6.07) is 3.76. The van der Waals surface area contributed by atoms with E-state index in [2.05, 4.69) is 5.32 Å². The molecule has 2 N–H and O–H groups in total. The van der Waals surface area contributed by atoms with E-state index in [4.69, 9.17) is 16.3 Å². The minimum absolute atomic E-state index is 0.430. The number of hydrogen-bond donors (Lipinski definition) is 2. The van der Waals surface area contributed by atoms with Gasteiger partial charge in [0.25, 0.3) is 0 Å². The van der Waals surface area contributed by atoms with Crippen LogP contribution in [0.5, 0.6) is 5.75 Å². The zero-order chi connectivity index (χ0) is 13.7. The first-order valence-electron chi connectivity index (χ1n) is 5.87. The first kappa shape index (κ1) is 15.1. The molecule has 1 aromatic rings. The molecule has 1 unspecified atom stereocenters. The number of benzene rings is 1. The monoisotopic (exact) mass is 272 g/mol. The topological polar surface area (TPSA) is 44.7 Å². The Kier molecular flexibility index (Phi) is 5.72. The summed E-state index contributed by atoms with van der Waals surface area (Å²) in [7, 11) is 5.35. The van der Waals surface area contributed by atoms with Gasteiger partial charge in [0.05, 0.1) is 18.9 Å². The van der Waals surface area contributed by atoms with Gasteiger partial charge < -0.3 is 20.1 Å². The summed E-state index contributed by atoms with van der Waals surface area (Å²) >= 11 is 6.07. The van der Waals surface area contributed by atoms with Gasteiger partial charge in [-0.2, -0.15) is 0 Å². The van der Waals surface area contributed by atoms with Crippen molar-refractivity contribution in [1.82, 2.24) is 5.32 Å². The molecule has 5 heteroatoms. The van der Waals surface area contributed by atoms with E-state index in [0.717, 1.165) is 11.3 Å². The number of halogens is 1. The van der Waals surface area contributed by atoms with Crippen LogP contribution in [0.1, 0.15) is 5.56 Å². The van der Waals surface area contributed by atoms with Gasteiger partial charge >= 0.3 is 0 Å².